The monoisotopic (exact) mass is 348 g/mol. The van der Waals surface area contributed by atoms with Gasteiger partial charge in [0.1, 0.15) is 11.9 Å². The number of hydrogen-bond acceptors (Lipinski definition) is 4. The van der Waals surface area contributed by atoms with E-state index in [0.717, 1.165) is 30.0 Å². The maximum Gasteiger partial charge on any atom is 0.254 e. The molecular weight excluding hydrogens is 328 g/mol. The van der Waals surface area contributed by atoms with Gasteiger partial charge in [0.05, 0.1) is 13.2 Å². The van der Waals surface area contributed by atoms with E-state index in [9.17, 15) is 4.79 Å². The molecular formula is C17H21ClN4O2. The average Bonchev–Trinajstić information content (AvgIpc) is 3.22. The van der Waals surface area contributed by atoms with Gasteiger partial charge >= 0.3 is 0 Å². The highest BCUT2D eigenvalue weighted by molar-refractivity contribution is 5.95. The Morgan fingerprint density at radius 1 is 1.33 bits per heavy atom. The van der Waals surface area contributed by atoms with Crippen LogP contribution in [0.4, 0.5) is 0 Å². The number of nitrogens with one attached hydrogen (secondary N) is 1. The quantitative estimate of drug-likeness (QED) is 0.896. The Labute approximate surface area is 147 Å². The summed E-state index contributed by atoms with van der Waals surface area (Å²) < 4.78 is 7.42. The van der Waals surface area contributed by atoms with E-state index >= 15 is 0 Å². The van der Waals surface area contributed by atoms with Crippen molar-refractivity contribution in [3.63, 3.8) is 0 Å². The molecule has 1 unspecified atom stereocenters. The van der Waals surface area contributed by atoms with E-state index in [1.165, 1.54) is 5.56 Å². The van der Waals surface area contributed by atoms with Crippen LogP contribution >= 0.6 is 12.4 Å². The minimum absolute atomic E-state index is 0. The fourth-order valence-corrected chi connectivity index (χ4v) is 3.35. The SMILES string of the molecule is Cl.Cn1ccnc1C1CNCCN1C(=O)c1ccc2c(c1)COC2. The first-order valence-corrected chi connectivity index (χ1v) is 7.92. The maximum absolute atomic E-state index is 13.0. The number of hydrogen-bond donors (Lipinski definition) is 1. The molecule has 2 aromatic rings. The van der Waals surface area contributed by atoms with Gasteiger partial charge in [-0.3, -0.25) is 4.79 Å². The summed E-state index contributed by atoms with van der Waals surface area (Å²) in [6, 6.07) is 5.85. The Bertz CT molecular complexity index is 746. The predicted octanol–water partition coefficient (Wildman–Crippen LogP) is 1.66. The van der Waals surface area contributed by atoms with Crippen molar-refractivity contribution in [2.75, 3.05) is 19.6 Å². The molecule has 4 rings (SSSR count). The molecule has 1 N–H and O–H groups in total. The van der Waals surface area contributed by atoms with Gasteiger partial charge in [0.15, 0.2) is 0 Å². The third-order valence-electron chi connectivity index (χ3n) is 4.63. The second kappa shape index (κ2) is 6.93. The van der Waals surface area contributed by atoms with E-state index in [4.69, 9.17) is 4.74 Å². The van der Waals surface area contributed by atoms with Crippen LogP contribution < -0.4 is 5.32 Å². The molecule has 1 amide bonds. The number of imidazole rings is 1. The first-order valence-electron chi connectivity index (χ1n) is 7.92. The van der Waals surface area contributed by atoms with Crippen LogP contribution in [0.15, 0.2) is 30.6 Å². The molecule has 2 aliphatic heterocycles. The first-order chi connectivity index (χ1) is 11.2. The molecule has 7 heteroatoms. The van der Waals surface area contributed by atoms with Crippen LogP contribution in [0.1, 0.15) is 33.4 Å². The van der Waals surface area contributed by atoms with Gasteiger partial charge in [-0.25, -0.2) is 4.98 Å². The summed E-state index contributed by atoms with van der Waals surface area (Å²) >= 11 is 0. The van der Waals surface area contributed by atoms with Crippen LogP contribution in [-0.4, -0.2) is 40.0 Å². The number of amides is 1. The van der Waals surface area contributed by atoms with Crippen LogP contribution in [0.25, 0.3) is 0 Å². The van der Waals surface area contributed by atoms with Crippen molar-refractivity contribution in [1.82, 2.24) is 19.8 Å². The smallest absolute Gasteiger partial charge is 0.254 e. The number of ether oxygens (including phenoxy) is 1. The fourth-order valence-electron chi connectivity index (χ4n) is 3.35. The summed E-state index contributed by atoms with van der Waals surface area (Å²) in [7, 11) is 1.96. The number of benzene rings is 1. The molecule has 0 bridgehead atoms. The molecule has 1 fully saturated rings. The van der Waals surface area contributed by atoms with Crippen molar-refractivity contribution in [2.45, 2.75) is 19.3 Å². The molecule has 1 saturated heterocycles. The van der Waals surface area contributed by atoms with Gasteiger partial charge in [0, 0.05) is 44.6 Å². The summed E-state index contributed by atoms with van der Waals surface area (Å²) in [6.45, 7) is 3.46. The number of halogens is 1. The zero-order valence-electron chi connectivity index (χ0n) is 13.6. The lowest BCUT2D eigenvalue weighted by atomic mass is 10.0. The molecule has 128 valence electrons. The Balaban J connectivity index is 0.00000169. The first kappa shape index (κ1) is 17.0. The zero-order chi connectivity index (χ0) is 15.8. The molecule has 1 atom stereocenters. The molecule has 24 heavy (non-hydrogen) atoms. The highest BCUT2D eigenvalue weighted by atomic mass is 35.5. The largest absolute Gasteiger partial charge is 0.372 e. The third kappa shape index (κ3) is 2.92. The van der Waals surface area contributed by atoms with Crippen LogP contribution in [0, 0.1) is 0 Å². The maximum atomic E-state index is 13.0. The number of nitrogens with zero attached hydrogens (tertiary/aromatic N) is 3. The van der Waals surface area contributed by atoms with Crippen LogP contribution in [0.3, 0.4) is 0 Å². The minimum atomic E-state index is -0.0410. The lowest BCUT2D eigenvalue weighted by Gasteiger charge is -2.35. The Morgan fingerprint density at radius 2 is 2.17 bits per heavy atom. The van der Waals surface area contributed by atoms with Crippen molar-refractivity contribution in [2.24, 2.45) is 7.05 Å². The van der Waals surface area contributed by atoms with E-state index in [1.54, 1.807) is 6.20 Å². The lowest BCUT2D eigenvalue weighted by molar-refractivity contribution is 0.0620. The van der Waals surface area contributed by atoms with Gasteiger partial charge in [-0.1, -0.05) is 6.07 Å². The van der Waals surface area contributed by atoms with Crippen molar-refractivity contribution < 1.29 is 9.53 Å². The third-order valence-corrected chi connectivity index (χ3v) is 4.63. The molecule has 0 spiro atoms. The van der Waals surface area contributed by atoms with E-state index in [1.807, 2.05) is 40.9 Å². The predicted molar refractivity (Wildman–Crippen MR) is 92.0 cm³/mol. The summed E-state index contributed by atoms with van der Waals surface area (Å²) in [6.07, 6.45) is 3.69. The number of aromatic nitrogens is 2. The average molecular weight is 349 g/mol. The van der Waals surface area contributed by atoms with Gasteiger partial charge in [0.25, 0.3) is 5.91 Å². The van der Waals surface area contributed by atoms with Crippen LogP contribution in [0.5, 0.6) is 0 Å². The fraction of sp³-hybridized carbons (Fsp3) is 0.412. The number of rotatable bonds is 2. The number of aryl methyl sites for hydroxylation is 1. The summed E-state index contributed by atoms with van der Waals surface area (Å²) in [5.74, 6) is 0.976. The normalized spacial score (nSPS) is 19.7. The van der Waals surface area contributed by atoms with E-state index < -0.39 is 0 Å². The highest BCUT2D eigenvalue weighted by Crippen LogP contribution is 2.25. The van der Waals surface area contributed by atoms with Gasteiger partial charge in [0.2, 0.25) is 0 Å². The standard InChI is InChI=1S/C17H20N4O2.ClH/c1-20-6-5-19-16(20)15-9-18-4-7-21(15)17(22)12-2-3-13-10-23-11-14(13)8-12;/h2-3,5-6,8,15,18H,4,7,9-11H2,1H3;1H. The van der Waals surface area contributed by atoms with Gasteiger partial charge in [-0.15, -0.1) is 12.4 Å². The molecule has 0 saturated carbocycles. The summed E-state index contributed by atoms with van der Waals surface area (Å²) in [4.78, 5) is 19.4. The topological polar surface area (TPSA) is 59.4 Å². The second-order valence-electron chi connectivity index (χ2n) is 6.09. The van der Waals surface area contributed by atoms with Crippen LogP contribution in [0.2, 0.25) is 0 Å². The molecule has 0 aliphatic carbocycles. The molecule has 1 aromatic carbocycles. The number of carbonyl (C=O) groups excluding carboxylic acids is 1. The summed E-state index contributed by atoms with van der Waals surface area (Å²) in [5, 5.41) is 3.36. The molecule has 1 aromatic heterocycles. The Kier molecular flexibility index (Phi) is 4.89. The van der Waals surface area contributed by atoms with Crippen molar-refractivity contribution in [3.05, 3.63) is 53.1 Å². The van der Waals surface area contributed by atoms with Gasteiger partial charge in [-0.2, -0.15) is 0 Å². The number of fused-ring (bicyclic) bond motifs is 1. The van der Waals surface area contributed by atoms with Crippen molar-refractivity contribution >= 4 is 18.3 Å². The highest BCUT2D eigenvalue weighted by Gasteiger charge is 2.31. The van der Waals surface area contributed by atoms with E-state index in [2.05, 4.69) is 10.3 Å². The van der Waals surface area contributed by atoms with E-state index in [-0.39, 0.29) is 24.4 Å². The van der Waals surface area contributed by atoms with Gasteiger partial charge < -0.3 is 19.5 Å². The van der Waals surface area contributed by atoms with Gasteiger partial charge in [-0.05, 0) is 23.3 Å². The lowest BCUT2D eigenvalue weighted by Crippen LogP contribution is -2.49. The number of piperazine rings is 1. The second-order valence-corrected chi connectivity index (χ2v) is 6.09. The van der Waals surface area contributed by atoms with Crippen molar-refractivity contribution in [1.29, 1.82) is 0 Å². The molecule has 6 nitrogen and oxygen atoms in total. The minimum Gasteiger partial charge on any atom is -0.372 e. The Morgan fingerprint density at radius 3 is 2.96 bits per heavy atom. The molecule has 0 radical (unpaired) electrons. The molecule has 3 heterocycles. The molecule has 2 aliphatic rings. The van der Waals surface area contributed by atoms with Crippen molar-refractivity contribution in [3.8, 4) is 0 Å². The van der Waals surface area contributed by atoms with E-state index in [0.29, 0.717) is 19.8 Å². The summed E-state index contributed by atoms with van der Waals surface area (Å²) in [5.41, 5.74) is 3.04. The van der Waals surface area contributed by atoms with Crippen LogP contribution in [-0.2, 0) is 25.0 Å². The Hall–Kier alpha value is -1.89. The zero-order valence-corrected chi connectivity index (χ0v) is 14.4. The number of carbonyl (C=O) groups is 1.